The summed E-state index contributed by atoms with van der Waals surface area (Å²) in [5.74, 6) is 1.08. The summed E-state index contributed by atoms with van der Waals surface area (Å²) in [5.41, 5.74) is 0. The van der Waals surface area contributed by atoms with Crippen LogP contribution in [-0.4, -0.2) is 52.9 Å². The first-order chi connectivity index (χ1) is 8.54. The molecule has 0 saturated heterocycles. The van der Waals surface area contributed by atoms with Crippen LogP contribution in [0.2, 0.25) is 0 Å². The standard InChI is InChI=1S/C13H27N5/c1-6-14-12(7-8-17(4)5)9-13-15-10-16-18(13)11(2)3/h10-12,14H,6-9H2,1-5H3. The predicted octanol–water partition coefficient (Wildman–Crippen LogP) is 1.33. The molecule has 0 saturated carbocycles. The van der Waals surface area contributed by atoms with Gasteiger partial charge in [0.05, 0.1) is 0 Å². The summed E-state index contributed by atoms with van der Waals surface area (Å²) in [6.45, 7) is 8.51. The van der Waals surface area contributed by atoms with Crippen LogP contribution in [0.1, 0.15) is 39.1 Å². The molecule has 1 heterocycles. The van der Waals surface area contributed by atoms with E-state index >= 15 is 0 Å². The molecule has 0 aliphatic carbocycles. The van der Waals surface area contributed by atoms with E-state index in [9.17, 15) is 0 Å². The summed E-state index contributed by atoms with van der Waals surface area (Å²) in [4.78, 5) is 6.60. The Balaban J connectivity index is 2.61. The number of nitrogens with one attached hydrogen (secondary N) is 1. The summed E-state index contributed by atoms with van der Waals surface area (Å²) in [6, 6.07) is 0.845. The molecule has 18 heavy (non-hydrogen) atoms. The zero-order valence-electron chi connectivity index (χ0n) is 12.3. The summed E-state index contributed by atoms with van der Waals surface area (Å²) in [5, 5.41) is 7.83. The first kappa shape index (κ1) is 15.1. The SMILES string of the molecule is CCNC(CCN(C)C)Cc1ncnn1C(C)C. The lowest BCUT2D eigenvalue weighted by atomic mass is 10.1. The van der Waals surface area contributed by atoms with Gasteiger partial charge in [-0.3, -0.25) is 0 Å². The van der Waals surface area contributed by atoms with Crippen molar-refractivity contribution in [3.8, 4) is 0 Å². The lowest BCUT2D eigenvalue weighted by Crippen LogP contribution is -2.35. The largest absolute Gasteiger partial charge is 0.314 e. The van der Waals surface area contributed by atoms with Crippen LogP contribution in [-0.2, 0) is 6.42 Å². The van der Waals surface area contributed by atoms with Crippen molar-refractivity contribution < 1.29 is 0 Å². The normalized spacial score (nSPS) is 13.5. The van der Waals surface area contributed by atoms with E-state index in [1.165, 1.54) is 0 Å². The molecule has 1 unspecified atom stereocenters. The average molecular weight is 253 g/mol. The van der Waals surface area contributed by atoms with Gasteiger partial charge in [0.1, 0.15) is 12.2 Å². The summed E-state index contributed by atoms with van der Waals surface area (Å²) < 4.78 is 2.01. The lowest BCUT2D eigenvalue weighted by Gasteiger charge is -2.20. The Labute approximate surface area is 111 Å². The highest BCUT2D eigenvalue weighted by molar-refractivity contribution is 4.91. The monoisotopic (exact) mass is 253 g/mol. The molecule has 0 bridgehead atoms. The highest BCUT2D eigenvalue weighted by atomic mass is 15.3. The summed E-state index contributed by atoms with van der Waals surface area (Å²) in [6.07, 6.45) is 3.73. The molecule has 0 spiro atoms. The van der Waals surface area contributed by atoms with Crippen LogP contribution in [0.15, 0.2) is 6.33 Å². The van der Waals surface area contributed by atoms with Crippen molar-refractivity contribution in [3.63, 3.8) is 0 Å². The van der Waals surface area contributed by atoms with E-state index in [4.69, 9.17) is 0 Å². The smallest absolute Gasteiger partial charge is 0.138 e. The molecule has 104 valence electrons. The van der Waals surface area contributed by atoms with Crippen molar-refractivity contribution in [2.45, 2.75) is 45.7 Å². The highest BCUT2D eigenvalue weighted by Crippen LogP contribution is 2.09. The van der Waals surface area contributed by atoms with Crippen LogP contribution in [0.25, 0.3) is 0 Å². The molecule has 1 aromatic rings. The molecule has 0 aromatic carbocycles. The highest BCUT2D eigenvalue weighted by Gasteiger charge is 2.14. The van der Waals surface area contributed by atoms with Gasteiger partial charge >= 0.3 is 0 Å². The molecular weight excluding hydrogens is 226 g/mol. The van der Waals surface area contributed by atoms with E-state index in [0.717, 1.165) is 31.8 Å². The lowest BCUT2D eigenvalue weighted by molar-refractivity contribution is 0.352. The number of rotatable bonds is 8. The van der Waals surface area contributed by atoms with Gasteiger partial charge in [-0.2, -0.15) is 5.10 Å². The van der Waals surface area contributed by atoms with E-state index in [2.05, 4.69) is 55.2 Å². The first-order valence-electron chi connectivity index (χ1n) is 6.81. The molecule has 0 amide bonds. The Kier molecular flexibility index (Phi) is 6.29. The van der Waals surface area contributed by atoms with Gasteiger partial charge in [-0.05, 0) is 47.5 Å². The number of hydrogen-bond donors (Lipinski definition) is 1. The molecule has 0 fully saturated rings. The van der Waals surface area contributed by atoms with Gasteiger partial charge in [-0.15, -0.1) is 0 Å². The fourth-order valence-electron chi connectivity index (χ4n) is 2.05. The van der Waals surface area contributed by atoms with Crippen molar-refractivity contribution >= 4 is 0 Å². The Morgan fingerprint density at radius 3 is 2.67 bits per heavy atom. The van der Waals surface area contributed by atoms with E-state index < -0.39 is 0 Å². The molecule has 0 aliphatic heterocycles. The van der Waals surface area contributed by atoms with Crippen molar-refractivity contribution in [3.05, 3.63) is 12.2 Å². The van der Waals surface area contributed by atoms with E-state index in [1.54, 1.807) is 6.33 Å². The quantitative estimate of drug-likeness (QED) is 0.759. The Morgan fingerprint density at radius 1 is 1.39 bits per heavy atom. The second-order valence-electron chi connectivity index (χ2n) is 5.27. The number of likely N-dealkylation sites (N-methyl/N-ethyl adjacent to an activating group) is 1. The minimum atomic E-state index is 0.374. The third-order valence-corrected chi connectivity index (χ3v) is 2.98. The topological polar surface area (TPSA) is 46.0 Å². The Hall–Kier alpha value is -0.940. The van der Waals surface area contributed by atoms with Gasteiger partial charge < -0.3 is 10.2 Å². The first-order valence-corrected chi connectivity index (χ1v) is 6.81. The maximum atomic E-state index is 4.38. The Bertz CT molecular complexity index is 332. The second-order valence-corrected chi connectivity index (χ2v) is 5.27. The van der Waals surface area contributed by atoms with Crippen LogP contribution in [0.5, 0.6) is 0 Å². The molecule has 5 heteroatoms. The summed E-state index contributed by atoms with van der Waals surface area (Å²) in [7, 11) is 4.22. The van der Waals surface area contributed by atoms with E-state index in [-0.39, 0.29) is 0 Å². The number of aromatic nitrogens is 3. The minimum absolute atomic E-state index is 0.374. The molecule has 1 atom stereocenters. The van der Waals surface area contributed by atoms with Crippen LogP contribution in [0, 0.1) is 0 Å². The fraction of sp³-hybridized carbons (Fsp3) is 0.846. The molecule has 5 nitrogen and oxygen atoms in total. The minimum Gasteiger partial charge on any atom is -0.314 e. The zero-order valence-corrected chi connectivity index (χ0v) is 12.3. The van der Waals surface area contributed by atoms with Gasteiger partial charge in [0, 0.05) is 18.5 Å². The van der Waals surface area contributed by atoms with Crippen LogP contribution < -0.4 is 5.32 Å². The number of nitrogens with zero attached hydrogens (tertiary/aromatic N) is 4. The van der Waals surface area contributed by atoms with Crippen molar-refractivity contribution in [1.82, 2.24) is 25.0 Å². The van der Waals surface area contributed by atoms with Crippen molar-refractivity contribution in [1.29, 1.82) is 0 Å². The maximum Gasteiger partial charge on any atom is 0.138 e. The van der Waals surface area contributed by atoms with Gasteiger partial charge in [-0.1, -0.05) is 6.92 Å². The van der Waals surface area contributed by atoms with Crippen molar-refractivity contribution in [2.75, 3.05) is 27.2 Å². The maximum absolute atomic E-state index is 4.38. The van der Waals surface area contributed by atoms with Crippen LogP contribution in [0.4, 0.5) is 0 Å². The van der Waals surface area contributed by atoms with Gasteiger partial charge in [0.15, 0.2) is 0 Å². The van der Waals surface area contributed by atoms with E-state index in [0.29, 0.717) is 12.1 Å². The Morgan fingerprint density at radius 2 is 2.11 bits per heavy atom. The average Bonchev–Trinajstić information content (AvgIpc) is 2.74. The van der Waals surface area contributed by atoms with E-state index in [1.807, 2.05) is 4.68 Å². The molecule has 0 radical (unpaired) electrons. The molecule has 1 aromatic heterocycles. The molecule has 0 aliphatic rings. The summed E-state index contributed by atoms with van der Waals surface area (Å²) >= 11 is 0. The van der Waals surface area contributed by atoms with Crippen LogP contribution in [0.3, 0.4) is 0 Å². The molecule has 1 rings (SSSR count). The zero-order chi connectivity index (χ0) is 13.5. The molecule has 1 N–H and O–H groups in total. The van der Waals surface area contributed by atoms with Gasteiger partial charge in [-0.25, -0.2) is 9.67 Å². The van der Waals surface area contributed by atoms with Crippen LogP contribution >= 0.6 is 0 Å². The second kappa shape index (κ2) is 7.48. The number of hydrogen-bond acceptors (Lipinski definition) is 4. The van der Waals surface area contributed by atoms with Gasteiger partial charge in [0.2, 0.25) is 0 Å². The molecular formula is C13H27N5. The van der Waals surface area contributed by atoms with Crippen molar-refractivity contribution in [2.24, 2.45) is 0 Å². The third-order valence-electron chi connectivity index (χ3n) is 2.98. The predicted molar refractivity (Wildman–Crippen MR) is 74.7 cm³/mol. The third kappa shape index (κ3) is 4.74. The van der Waals surface area contributed by atoms with Gasteiger partial charge in [0.25, 0.3) is 0 Å². The fourth-order valence-corrected chi connectivity index (χ4v) is 2.05.